The number of aromatic nitrogens is 1. The third kappa shape index (κ3) is 3.05. The van der Waals surface area contributed by atoms with Crippen LogP contribution in [0.2, 0.25) is 0 Å². The second kappa shape index (κ2) is 6.15. The number of benzene rings is 1. The number of aryl methyl sites for hydroxylation is 2. The van der Waals surface area contributed by atoms with E-state index in [0.717, 1.165) is 16.3 Å². The van der Waals surface area contributed by atoms with E-state index in [-0.39, 0.29) is 5.91 Å². The summed E-state index contributed by atoms with van der Waals surface area (Å²) < 4.78 is 5.02. The third-order valence-electron chi connectivity index (χ3n) is 3.06. The van der Waals surface area contributed by atoms with Crippen molar-refractivity contribution in [3.8, 4) is 0 Å². The molecule has 106 valence electrons. The number of ether oxygens (including phenoxy) is 1. The number of anilines is 1. The van der Waals surface area contributed by atoms with Crippen LogP contribution in [0.3, 0.4) is 0 Å². The van der Waals surface area contributed by atoms with E-state index in [1.165, 1.54) is 16.9 Å². The first-order chi connectivity index (χ1) is 9.52. The molecule has 0 aliphatic heterocycles. The highest BCUT2D eigenvalue weighted by Crippen LogP contribution is 2.22. The summed E-state index contributed by atoms with van der Waals surface area (Å²) in [4.78, 5) is 18.4. The molecule has 5 heteroatoms. The lowest BCUT2D eigenvalue weighted by molar-refractivity contribution is 0.0988. The van der Waals surface area contributed by atoms with Crippen molar-refractivity contribution in [2.75, 3.05) is 19.1 Å². The molecular weight excluding hydrogens is 272 g/mol. The van der Waals surface area contributed by atoms with Gasteiger partial charge in [0.25, 0.3) is 5.91 Å². The van der Waals surface area contributed by atoms with E-state index in [4.69, 9.17) is 4.74 Å². The first-order valence-corrected chi connectivity index (χ1v) is 7.19. The molecule has 1 amide bonds. The summed E-state index contributed by atoms with van der Waals surface area (Å²) in [6, 6.07) is 6.03. The summed E-state index contributed by atoms with van der Waals surface area (Å²) in [5.41, 5.74) is 3.63. The zero-order valence-corrected chi connectivity index (χ0v) is 13.0. The minimum absolute atomic E-state index is 0.101. The van der Waals surface area contributed by atoms with Crippen LogP contribution < -0.4 is 4.90 Å². The van der Waals surface area contributed by atoms with Crippen molar-refractivity contribution in [3.05, 3.63) is 45.4 Å². The number of carbonyl (C=O) groups excluding carboxylic acids is 1. The van der Waals surface area contributed by atoms with Crippen molar-refractivity contribution in [3.63, 3.8) is 0 Å². The highest BCUT2D eigenvalue weighted by Gasteiger charge is 2.18. The Kier molecular flexibility index (Phi) is 4.52. The average molecular weight is 290 g/mol. The molecule has 20 heavy (non-hydrogen) atoms. The van der Waals surface area contributed by atoms with E-state index >= 15 is 0 Å². The van der Waals surface area contributed by atoms with Gasteiger partial charge in [0.1, 0.15) is 10.7 Å². The number of amides is 1. The zero-order valence-electron chi connectivity index (χ0n) is 12.1. The number of hydrogen-bond donors (Lipinski definition) is 0. The van der Waals surface area contributed by atoms with E-state index in [1.54, 1.807) is 24.4 Å². The van der Waals surface area contributed by atoms with Gasteiger partial charge in [-0.05, 0) is 25.5 Å². The normalized spacial score (nSPS) is 10.6. The monoisotopic (exact) mass is 290 g/mol. The largest absolute Gasteiger partial charge is 0.378 e. The Hall–Kier alpha value is -1.72. The van der Waals surface area contributed by atoms with Crippen LogP contribution in [-0.4, -0.2) is 25.0 Å². The molecule has 2 rings (SSSR count). The molecule has 0 aliphatic carbocycles. The van der Waals surface area contributed by atoms with Gasteiger partial charge in [0.2, 0.25) is 0 Å². The van der Waals surface area contributed by atoms with E-state index in [2.05, 4.69) is 11.1 Å². The molecular formula is C15H18N2O2S. The van der Waals surface area contributed by atoms with Crippen LogP contribution in [0.4, 0.5) is 5.69 Å². The lowest BCUT2D eigenvalue weighted by atomic mass is 10.1. The molecule has 0 unspecified atom stereocenters. The standard InChI is InChI=1S/C15H18N2O2S/c1-10-5-6-13(11(2)7-10)17(3)15(18)12-9-20-14(16-12)8-19-4/h5-7,9H,8H2,1-4H3. The van der Waals surface area contributed by atoms with Crippen molar-refractivity contribution in [2.45, 2.75) is 20.5 Å². The van der Waals surface area contributed by atoms with Gasteiger partial charge in [-0.2, -0.15) is 0 Å². The number of nitrogens with zero attached hydrogens (tertiary/aromatic N) is 2. The van der Waals surface area contributed by atoms with Gasteiger partial charge in [0, 0.05) is 25.2 Å². The molecule has 0 spiro atoms. The van der Waals surface area contributed by atoms with Crippen LogP contribution in [0.5, 0.6) is 0 Å². The Morgan fingerprint density at radius 2 is 2.15 bits per heavy atom. The van der Waals surface area contributed by atoms with Gasteiger partial charge in [-0.1, -0.05) is 17.7 Å². The summed E-state index contributed by atoms with van der Waals surface area (Å²) in [5.74, 6) is -0.101. The van der Waals surface area contributed by atoms with Gasteiger partial charge in [-0.3, -0.25) is 4.79 Å². The Labute approximate surface area is 123 Å². The first-order valence-electron chi connectivity index (χ1n) is 6.31. The summed E-state index contributed by atoms with van der Waals surface area (Å²) in [7, 11) is 3.39. The number of thiazole rings is 1. The fraction of sp³-hybridized carbons (Fsp3) is 0.333. The van der Waals surface area contributed by atoms with Gasteiger partial charge in [-0.15, -0.1) is 11.3 Å². The molecule has 0 bridgehead atoms. The molecule has 1 heterocycles. The average Bonchev–Trinajstić information content (AvgIpc) is 2.86. The molecule has 0 saturated carbocycles. The molecule has 4 nitrogen and oxygen atoms in total. The fourth-order valence-electron chi connectivity index (χ4n) is 2.06. The number of methoxy groups -OCH3 is 1. The molecule has 0 N–H and O–H groups in total. The van der Waals surface area contributed by atoms with Crippen LogP contribution in [0.1, 0.15) is 26.6 Å². The van der Waals surface area contributed by atoms with Crippen LogP contribution in [0, 0.1) is 13.8 Å². The van der Waals surface area contributed by atoms with E-state index in [9.17, 15) is 4.79 Å². The first kappa shape index (κ1) is 14.7. The Balaban J connectivity index is 2.22. The number of carbonyl (C=O) groups is 1. The van der Waals surface area contributed by atoms with Crippen molar-refractivity contribution in [1.82, 2.24) is 4.98 Å². The molecule has 0 fully saturated rings. The molecule has 0 radical (unpaired) electrons. The summed E-state index contributed by atoms with van der Waals surface area (Å²) in [6.45, 7) is 4.48. The molecule has 2 aromatic rings. The summed E-state index contributed by atoms with van der Waals surface area (Å²) in [5, 5.41) is 2.58. The van der Waals surface area contributed by atoms with Gasteiger partial charge in [-0.25, -0.2) is 4.98 Å². The minimum Gasteiger partial charge on any atom is -0.378 e. The smallest absolute Gasteiger partial charge is 0.277 e. The molecule has 1 aromatic carbocycles. The number of hydrogen-bond acceptors (Lipinski definition) is 4. The van der Waals surface area contributed by atoms with Crippen molar-refractivity contribution >= 4 is 22.9 Å². The maximum absolute atomic E-state index is 12.4. The van der Waals surface area contributed by atoms with Crippen molar-refractivity contribution < 1.29 is 9.53 Å². The van der Waals surface area contributed by atoms with Gasteiger partial charge < -0.3 is 9.64 Å². The predicted molar refractivity (Wildman–Crippen MR) is 81.5 cm³/mol. The quantitative estimate of drug-likeness (QED) is 0.868. The second-order valence-corrected chi connectivity index (χ2v) is 5.66. The van der Waals surface area contributed by atoms with Crippen molar-refractivity contribution in [1.29, 1.82) is 0 Å². The lowest BCUT2D eigenvalue weighted by Crippen LogP contribution is -2.27. The Bertz CT molecular complexity index is 622. The maximum atomic E-state index is 12.4. The fourth-order valence-corrected chi connectivity index (χ4v) is 2.80. The SMILES string of the molecule is COCc1nc(C(=O)N(C)c2ccc(C)cc2C)cs1. The Morgan fingerprint density at radius 3 is 2.80 bits per heavy atom. The van der Waals surface area contributed by atoms with Crippen molar-refractivity contribution in [2.24, 2.45) is 0 Å². The zero-order chi connectivity index (χ0) is 14.7. The second-order valence-electron chi connectivity index (χ2n) is 4.71. The van der Waals surface area contributed by atoms with E-state index in [0.29, 0.717) is 12.3 Å². The molecule has 0 saturated heterocycles. The third-order valence-corrected chi connectivity index (χ3v) is 3.88. The van der Waals surface area contributed by atoms with Gasteiger partial charge in [0.05, 0.1) is 6.61 Å². The minimum atomic E-state index is -0.101. The van der Waals surface area contributed by atoms with Crippen LogP contribution in [0.15, 0.2) is 23.6 Å². The highest BCUT2D eigenvalue weighted by molar-refractivity contribution is 7.09. The lowest BCUT2D eigenvalue weighted by Gasteiger charge is -2.18. The van der Waals surface area contributed by atoms with Gasteiger partial charge in [0.15, 0.2) is 0 Å². The summed E-state index contributed by atoms with van der Waals surface area (Å²) >= 11 is 1.44. The summed E-state index contributed by atoms with van der Waals surface area (Å²) in [6.07, 6.45) is 0. The van der Waals surface area contributed by atoms with Crippen LogP contribution in [-0.2, 0) is 11.3 Å². The number of rotatable bonds is 4. The maximum Gasteiger partial charge on any atom is 0.277 e. The van der Waals surface area contributed by atoms with Crippen LogP contribution in [0.25, 0.3) is 0 Å². The molecule has 1 aromatic heterocycles. The molecule has 0 atom stereocenters. The van der Waals surface area contributed by atoms with Crippen LogP contribution >= 0.6 is 11.3 Å². The predicted octanol–water partition coefficient (Wildman–Crippen LogP) is 3.18. The topological polar surface area (TPSA) is 42.4 Å². The highest BCUT2D eigenvalue weighted by atomic mass is 32.1. The van der Waals surface area contributed by atoms with Gasteiger partial charge >= 0.3 is 0 Å². The van der Waals surface area contributed by atoms with E-state index < -0.39 is 0 Å². The molecule has 0 aliphatic rings. The Morgan fingerprint density at radius 1 is 1.40 bits per heavy atom. The van der Waals surface area contributed by atoms with E-state index in [1.807, 2.05) is 26.0 Å².